The summed E-state index contributed by atoms with van der Waals surface area (Å²) in [5.74, 6) is 0. The van der Waals surface area contributed by atoms with Crippen molar-refractivity contribution in [3.8, 4) is 0 Å². The molecule has 0 radical (unpaired) electrons. The fourth-order valence-electron chi connectivity index (χ4n) is 2.05. The minimum atomic E-state index is 0.282. The van der Waals surface area contributed by atoms with E-state index in [1.165, 1.54) is 16.7 Å². The molecule has 1 unspecified atom stereocenters. The van der Waals surface area contributed by atoms with Gasteiger partial charge in [0.1, 0.15) is 0 Å². The van der Waals surface area contributed by atoms with Crippen molar-refractivity contribution in [1.29, 1.82) is 0 Å². The van der Waals surface area contributed by atoms with E-state index in [2.05, 4.69) is 50.4 Å². The van der Waals surface area contributed by atoms with Crippen LogP contribution in [0.4, 0.5) is 5.69 Å². The summed E-state index contributed by atoms with van der Waals surface area (Å²) >= 11 is 5.96. The summed E-state index contributed by atoms with van der Waals surface area (Å²) in [7, 11) is 0. The summed E-state index contributed by atoms with van der Waals surface area (Å²) in [6.45, 7) is 6.35. The second-order valence-corrected chi connectivity index (χ2v) is 5.18. The Kier molecular flexibility index (Phi) is 3.93. The molecule has 2 aromatic carbocycles. The normalized spacial score (nSPS) is 12.2. The topological polar surface area (TPSA) is 12.0 Å². The Balaban J connectivity index is 2.18. The number of hydrogen-bond donors (Lipinski definition) is 1. The Morgan fingerprint density at radius 1 is 1.06 bits per heavy atom. The SMILES string of the molecule is Cc1cccc(C(C)Nc2ccc(Cl)cc2C)c1. The first-order valence-electron chi connectivity index (χ1n) is 6.15. The van der Waals surface area contributed by atoms with Gasteiger partial charge in [0.05, 0.1) is 0 Å². The van der Waals surface area contributed by atoms with Gasteiger partial charge in [-0.1, -0.05) is 41.4 Å². The van der Waals surface area contributed by atoms with E-state index in [4.69, 9.17) is 11.6 Å². The van der Waals surface area contributed by atoms with Gasteiger partial charge in [0.25, 0.3) is 0 Å². The van der Waals surface area contributed by atoms with Crippen LogP contribution < -0.4 is 5.32 Å². The Morgan fingerprint density at radius 2 is 1.83 bits per heavy atom. The number of benzene rings is 2. The predicted molar refractivity (Wildman–Crippen MR) is 79.4 cm³/mol. The van der Waals surface area contributed by atoms with E-state index in [-0.39, 0.29) is 6.04 Å². The molecule has 0 saturated heterocycles. The molecule has 0 aliphatic rings. The van der Waals surface area contributed by atoms with Gasteiger partial charge in [-0.3, -0.25) is 0 Å². The molecule has 1 nitrogen and oxygen atoms in total. The molecule has 0 heterocycles. The van der Waals surface area contributed by atoms with Crippen LogP contribution in [0, 0.1) is 13.8 Å². The van der Waals surface area contributed by atoms with Crippen molar-refractivity contribution < 1.29 is 0 Å². The third kappa shape index (κ3) is 3.05. The van der Waals surface area contributed by atoms with Crippen molar-refractivity contribution in [2.24, 2.45) is 0 Å². The molecule has 0 aliphatic heterocycles. The molecule has 2 rings (SSSR count). The highest BCUT2D eigenvalue weighted by atomic mass is 35.5. The van der Waals surface area contributed by atoms with Crippen molar-refractivity contribution >= 4 is 17.3 Å². The first kappa shape index (κ1) is 13.0. The summed E-state index contributed by atoms with van der Waals surface area (Å²) in [4.78, 5) is 0. The van der Waals surface area contributed by atoms with Crippen LogP contribution in [0.5, 0.6) is 0 Å². The summed E-state index contributed by atoms with van der Waals surface area (Å²) in [5.41, 5.74) is 4.88. The Labute approximate surface area is 114 Å². The zero-order valence-corrected chi connectivity index (χ0v) is 11.8. The smallest absolute Gasteiger partial charge is 0.0485 e. The number of aryl methyl sites for hydroxylation is 2. The third-order valence-corrected chi connectivity index (χ3v) is 3.34. The van der Waals surface area contributed by atoms with Gasteiger partial charge in [0.15, 0.2) is 0 Å². The molecule has 18 heavy (non-hydrogen) atoms. The van der Waals surface area contributed by atoms with E-state index in [1.807, 2.05) is 18.2 Å². The molecule has 0 saturated carbocycles. The second-order valence-electron chi connectivity index (χ2n) is 4.74. The van der Waals surface area contributed by atoms with Gasteiger partial charge in [-0.25, -0.2) is 0 Å². The molecule has 0 fully saturated rings. The van der Waals surface area contributed by atoms with Crippen molar-refractivity contribution in [2.75, 3.05) is 5.32 Å². The monoisotopic (exact) mass is 259 g/mol. The lowest BCUT2D eigenvalue weighted by atomic mass is 10.0. The summed E-state index contributed by atoms with van der Waals surface area (Å²) in [5, 5.41) is 4.30. The first-order valence-corrected chi connectivity index (χ1v) is 6.53. The van der Waals surface area contributed by atoms with Gasteiger partial charge in [0, 0.05) is 16.8 Å². The number of hydrogen-bond acceptors (Lipinski definition) is 1. The lowest BCUT2D eigenvalue weighted by molar-refractivity contribution is 0.881. The number of anilines is 1. The minimum absolute atomic E-state index is 0.282. The van der Waals surface area contributed by atoms with Gasteiger partial charge < -0.3 is 5.32 Å². The summed E-state index contributed by atoms with van der Waals surface area (Å²) in [6.07, 6.45) is 0. The van der Waals surface area contributed by atoms with Crippen LogP contribution in [0.1, 0.15) is 29.7 Å². The molecule has 2 heteroatoms. The molecule has 0 aliphatic carbocycles. The lowest BCUT2D eigenvalue weighted by Gasteiger charge is -2.18. The van der Waals surface area contributed by atoms with Crippen LogP contribution in [0.3, 0.4) is 0 Å². The molecule has 0 bridgehead atoms. The van der Waals surface area contributed by atoms with Gasteiger partial charge in [-0.2, -0.15) is 0 Å². The van der Waals surface area contributed by atoms with E-state index >= 15 is 0 Å². The highest BCUT2D eigenvalue weighted by Gasteiger charge is 2.07. The van der Waals surface area contributed by atoms with Crippen molar-refractivity contribution in [1.82, 2.24) is 0 Å². The van der Waals surface area contributed by atoms with Gasteiger partial charge in [-0.05, 0) is 50.1 Å². The van der Waals surface area contributed by atoms with E-state index in [9.17, 15) is 0 Å². The maximum Gasteiger partial charge on any atom is 0.0485 e. The predicted octanol–water partition coefficient (Wildman–Crippen LogP) is 5.13. The maximum atomic E-state index is 5.96. The van der Waals surface area contributed by atoms with Crippen LogP contribution in [-0.4, -0.2) is 0 Å². The van der Waals surface area contributed by atoms with E-state index < -0.39 is 0 Å². The van der Waals surface area contributed by atoms with Crippen LogP contribution >= 0.6 is 11.6 Å². The molecular formula is C16H18ClN. The van der Waals surface area contributed by atoms with Gasteiger partial charge in [0.2, 0.25) is 0 Å². The third-order valence-electron chi connectivity index (χ3n) is 3.10. The molecule has 2 aromatic rings. The highest BCUT2D eigenvalue weighted by Crippen LogP contribution is 2.24. The standard InChI is InChI=1S/C16H18ClN/c1-11-5-4-6-14(9-11)13(3)18-16-8-7-15(17)10-12(16)2/h4-10,13,18H,1-3H3. The largest absolute Gasteiger partial charge is 0.378 e. The van der Waals surface area contributed by atoms with Crippen LogP contribution in [0.2, 0.25) is 5.02 Å². The fraction of sp³-hybridized carbons (Fsp3) is 0.250. The summed E-state index contributed by atoms with van der Waals surface area (Å²) < 4.78 is 0. The van der Waals surface area contributed by atoms with Gasteiger partial charge in [-0.15, -0.1) is 0 Å². The first-order chi connectivity index (χ1) is 8.56. The zero-order chi connectivity index (χ0) is 13.1. The Bertz CT molecular complexity index is 549. The van der Waals surface area contributed by atoms with Crippen molar-refractivity contribution in [3.63, 3.8) is 0 Å². The van der Waals surface area contributed by atoms with Crippen molar-refractivity contribution in [2.45, 2.75) is 26.8 Å². The van der Waals surface area contributed by atoms with Crippen LogP contribution in [0.25, 0.3) is 0 Å². The molecule has 0 amide bonds. The number of rotatable bonds is 3. The van der Waals surface area contributed by atoms with E-state index in [0.717, 1.165) is 10.7 Å². The average Bonchev–Trinajstić information content (AvgIpc) is 2.32. The van der Waals surface area contributed by atoms with E-state index in [1.54, 1.807) is 0 Å². The zero-order valence-electron chi connectivity index (χ0n) is 11.0. The molecule has 0 aromatic heterocycles. The minimum Gasteiger partial charge on any atom is -0.378 e. The summed E-state index contributed by atoms with van der Waals surface area (Å²) in [6, 6.07) is 14.8. The highest BCUT2D eigenvalue weighted by molar-refractivity contribution is 6.30. The molecule has 94 valence electrons. The average molecular weight is 260 g/mol. The van der Waals surface area contributed by atoms with E-state index in [0.29, 0.717) is 0 Å². The molecule has 0 spiro atoms. The maximum absolute atomic E-state index is 5.96. The molecule has 1 atom stereocenters. The number of nitrogens with one attached hydrogen (secondary N) is 1. The quantitative estimate of drug-likeness (QED) is 0.806. The number of halogens is 1. The Morgan fingerprint density at radius 3 is 2.50 bits per heavy atom. The van der Waals surface area contributed by atoms with Crippen molar-refractivity contribution in [3.05, 3.63) is 64.2 Å². The van der Waals surface area contributed by atoms with Crippen LogP contribution in [-0.2, 0) is 0 Å². The Hall–Kier alpha value is -1.47. The molecule has 1 N–H and O–H groups in total. The lowest BCUT2D eigenvalue weighted by Crippen LogP contribution is -2.07. The second kappa shape index (κ2) is 5.45. The fourth-order valence-corrected chi connectivity index (χ4v) is 2.27. The van der Waals surface area contributed by atoms with Gasteiger partial charge >= 0.3 is 0 Å². The molecular weight excluding hydrogens is 242 g/mol. The van der Waals surface area contributed by atoms with Crippen LogP contribution in [0.15, 0.2) is 42.5 Å².